The van der Waals surface area contributed by atoms with Gasteiger partial charge in [-0.2, -0.15) is 0 Å². The summed E-state index contributed by atoms with van der Waals surface area (Å²) in [5.41, 5.74) is 1.16. The predicted molar refractivity (Wildman–Crippen MR) is 125 cm³/mol. The minimum absolute atomic E-state index is 0.101. The van der Waals surface area contributed by atoms with Gasteiger partial charge in [0.1, 0.15) is 23.2 Å². The van der Waals surface area contributed by atoms with E-state index >= 15 is 0 Å². The van der Waals surface area contributed by atoms with E-state index in [0.29, 0.717) is 41.1 Å². The van der Waals surface area contributed by atoms with Gasteiger partial charge in [-0.25, -0.2) is 14.8 Å². The SMILES string of the molecule is CSc1ncc2c(n1)N(C)CCN(c1cccc(OC(CN(C)C(=O)O)C(C)C)c1)C2=O. The Bertz CT molecular complexity index is 987. The molecule has 0 saturated heterocycles. The molecule has 0 saturated carbocycles. The second kappa shape index (κ2) is 10.1. The quantitative estimate of drug-likeness (QED) is 0.497. The number of carbonyl (C=O) groups excluding carboxylic acids is 1. The highest BCUT2D eigenvalue weighted by Crippen LogP contribution is 2.29. The smallest absolute Gasteiger partial charge is 0.407 e. The van der Waals surface area contributed by atoms with Crippen LogP contribution in [0.4, 0.5) is 16.3 Å². The number of thioether (sulfide) groups is 1. The summed E-state index contributed by atoms with van der Waals surface area (Å²) in [7, 11) is 3.43. The third-order valence-corrected chi connectivity index (χ3v) is 5.93. The van der Waals surface area contributed by atoms with Crippen LogP contribution in [0.5, 0.6) is 5.75 Å². The van der Waals surface area contributed by atoms with Crippen LogP contribution in [0.3, 0.4) is 0 Å². The molecule has 172 valence electrons. The van der Waals surface area contributed by atoms with Crippen LogP contribution in [-0.2, 0) is 0 Å². The van der Waals surface area contributed by atoms with Crippen molar-refractivity contribution in [1.82, 2.24) is 14.9 Å². The maximum Gasteiger partial charge on any atom is 0.407 e. The normalized spacial score (nSPS) is 14.8. The van der Waals surface area contributed by atoms with E-state index in [9.17, 15) is 14.7 Å². The maximum absolute atomic E-state index is 13.3. The first kappa shape index (κ1) is 23.6. The van der Waals surface area contributed by atoms with Crippen LogP contribution in [0.1, 0.15) is 24.2 Å². The van der Waals surface area contributed by atoms with Crippen molar-refractivity contribution in [3.05, 3.63) is 36.0 Å². The summed E-state index contributed by atoms with van der Waals surface area (Å²) in [5, 5.41) is 9.82. The van der Waals surface area contributed by atoms with Gasteiger partial charge in [-0.05, 0) is 24.3 Å². The van der Waals surface area contributed by atoms with Crippen molar-refractivity contribution in [2.75, 3.05) is 49.8 Å². The number of hydrogen-bond donors (Lipinski definition) is 1. The number of likely N-dealkylation sites (N-methyl/N-ethyl adjacent to an activating group) is 2. The first-order valence-corrected chi connectivity index (χ1v) is 11.6. The number of ether oxygens (including phenoxy) is 1. The van der Waals surface area contributed by atoms with E-state index in [4.69, 9.17) is 4.74 Å². The molecule has 2 heterocycles. The molecule has 2 aromatic rings. The lowest BCUT2D eigenvalue weighted by atomic mass is 10.1. The Morgan fingerprint density at radius 1 is 1.34 bits per heavy atom. The highest BCUT2D eigenvalue weighted by atomic mass is 32.2. The van der Waals surface area contributed by atoms with Gasteiger partial charge in [-0.15, -0.1) is 0 Å². The number of nitrogens with zero attached hydrogens (tertiary/aromatic N) is 5. The molecule has 1 aliphatic heterocycles. The number of carbonyl (C=O) groups is 2. The zero-order valence-corrected chi connectivity index (χ0v) is 19.8. The fourth-order valence-corrected chi connectivity index (χ4v) is 3.71. The molecule has 0 bridgehead atoms. The Morgan fingerprint density at radius 3 is 2.75 bits per heavy atom. The molecule has 10 heteroatoms. The van der Waals surface area contributed by atoms with Crippen LogP contribution in [0, 0.1) is 5.92 Å². The van der Waals surface area contributed by atoms with Crippen LogP contribution in [0.2, 0.25) is 0 Å². The lowest BCUT2D eigenvalue weighted by Gasteiger charge is -2.27. The summed E-state index contributed by atoms with van der Waals surface area (Å²) >= 11 is 1.43. The minimum atomic E-state index is -1.00. The summed E-state index contributed by atoms with van der Waals surface area (Å²) in [6.45, 7) is 5.31. The summed E-state index contributed by atoms with van der Waals surface area (Å²) in [6.07, 6.45) is 2.16. The average Bonchev–Trinajstić information content (AvgIpc) is 2.89. The lowest BCUT2D eigenvalue weighted by molar-refractivity contribution is 0.0965. The van der Waals surface area contributed by atoms with Gasteiger partial charge in [0.25, 0.3) is 5.91 Å². The lowest BCUT2D eigenvalue weighted by Crippen LogP contribution is -2.39. The Labute approximate surface area is 192 Å². The molecule has 3 rings (SSSR count). The molecule has 0 aliphatic carbocycles. The number of aromatic nitrogens is 2. The number of fused-ring (bicyclic) bond motifs is 1. The van der Waals surface area contributed by atoms with E-state index in [1.807, 2.05) is 56.3 Å². The monoisotopic (exact) mass is 459 g/mol. The van der Waals surface area contributed by atoms with Gasteiger partial charge in [0, 0.05) is 45.1 Å². The molecule has 2 amide bonds. The Balaban J connectivity index is 1.86. The number of anilines is 2. The number of carboxylic acid groups (broad SMARTS) is 1. The first-order chi connectivity index (χ1) is 15.2. The van der Waals surface area contributed by atoms with E-state index in [0.717, 1.165) is 0 Å². The van der Waals surface area contributed by atoms with Gasteiger partial charge in [-0.1, -0.05) is 31.7 Å². The number of hydrogen-bond acceptors (Lipinski definition) is 7. The van der Waals surface area contributed by atoms with Crippen molar-refractivity contribution in [1.29, 1.82) is 0 Å². The van der Waals surface area contributed by atoms with Crippen LogP contribution >= 0.6 is 11.8 Å². The molecule has 32 heavy (non-hydrogen) atoms. The molecule has 1 unspecified atom stereocenters. The number of rotatable bonds is 7. The second-order valence-corrected chi connectivity index (χ2v) is 8.81. The second-order valence-electron chi connectivity index (χ2n) is 8.03. The number of benzene rings is 1. The fraction of sp³-hybridized carbons (Fsp3) is 0.455. The molecular weight excluding hydrogens is 430 g/mol. The topological polar surface area (TPSA) is 99.1 Å². The highest BCUT2D eigenvalue weighted by molar-refractivity contribution is 7.98. The van der Waals surface area contributed by atoms with E-state index in [1.165, 1.54) is 23.7 Å². The van der Waals surface area contributed by atoms with Gasteiger partial charge < -0.3 is 24.5 Å². The van der Waals surface area contributed by atoms with Crippen molar-refractivity contribution >= 4 is 35.3 Å². The van der Waals surface area contributed by atoms with Crippen LogP contribution < -0.4 is 14.5 Å². The summed E-state index contributed by atoms with van der Waals surface area (Å²) < 4.78 is 6.13. The summed E-state index contributed by atoms with van der Waals surface area (Å²) in [5.74, 6) is 1.14. The fourth-order valence-electron chi connectivity index (χ4n) is 3.38. The van der Waals surface area contributed by atoms with E-state index in [2.05, 4.69) is 9.97 Å². The third-order valence-electron chi connectivity index (χ3n) is 5.37. The van der Waals surface area contributed by atoms with E-state index in [1.54, 1.807) is 11.1 Å². The zero-order valence-electron chi connectivity index (χ0n) is 19.0. The molecule has 0 fully saturated rings. The van der Waals surface area contributed by atoms with Crippen molar-refractivity contribution in [3.63, 3.8) is 0 Å². The molecule has 0 radical (unpaired) electrons. The van der Waals surface area contributed by atoms with Crippen molar-refractivity contribution < 1.29 is 19.4 Å². The Kier molecular flexibility index (Phi) is 7.44. The molecule has 1 aromatic carbocycles. The average molecular weight is 460 g/mol. The van der Waals surface area contributed by atoms with Crippen LogP contribution in [0.25, 0.3) is 0 Å². The standard InChI is InChI=1S/C22H29N5O4S/c1-14(2)18(13-26(4)22(29)30)31-16-8-6-7-15(11-16)27-10-9-25(3)19-17(20(27)28)12-23-21(24-19)32-5/h6-8,11-12,14,18H,9-10,13H2,1-5H3,(H,29,30). The summed E-state index contributed by atoms with van der Waals surface area (Å²) in [4.78, 5) is 38.2. The van der Waals surface area contributed by atoms with Gasteiger partial charge in [0.05, 0.1) is 6.54 Å². The van der Waals surface area contributed by atoms with Gasteiger partial charge in [0.15, 0.2) is 5.16 Å². The molecule has 9 nitrogen and oxygen atoms in total. The third kappa shape index (κ3) is 5.24. The van der Waals surface area contributed by atoms with Crippen molar-refractivity contribution in [2.24, 2.45) is 5.92 Å². The Hall–Kier alpha value is -3.01. The largest absolute Gasteiger partial charge is 0.488 e. The van der Waals surface area contributed by atoms with Crippen molar-refractivity contribution in [3.8, 4) is 5.75 Å². The molecule has 0 spiro atoms. The Morgan fingerprint density at radius 2 is 2.09 bits per heavy atom. The van der Waals surface area contributed by atoms with Crippen LogP contribution in [0.15, 0.2) is 35.6 Å². The molecular formula is C22H29N5O4S. The summed E-state index contributed by atoms with van der Waals surface area (Å²) in [6, 6.07) is 7.33. The van der Waals surface area contributed by atoms with Crippen molar-refractivity contribution in [2.45, 2.75) is 25.1 Å². The van der Waals surface area contributed by atoms with Gasteiger partial charge >= 0.3 is 6.09 Å². The van der Waals surface area contributed by atoms with E-state index < -0.39 is 6.09 Å². The van der Waals surface area contributed by atoms with Crippen LogP contribution in [-0.4, -0.2) is 78.1 Å². The predicted octanol–water partition coefficient (Wildman–Crippen LogP) is 3.31. The molecule has 1 atom stereocenters. The molecule has 1 aromatic heterocycles. The zero-order chi connectivity index (χ0) is 23.4. The van der Waals surface area contributed by atoms with E-state index in [-0.39, 0.29) is 24.5 Å². The number of amides is 2. The first-order valence-electron chi connectivity index (χ1n) is 10.4. The minimum Gasteiger partial charge on any atom is -0.488 e. The van der Waals surface area contributed by atoms with Gasteiger partial charge in [0.2, 0.25) is 0 Å². The maximum atomic E-state index is 13.3. The highest BCUT2D eigenvalue weighted by Gasteiger charge is 2.28. The molecule has 1 aliphatic rings. The molecule has 1 N–H and O–H groups in total. The van der Waals surface area contributed by atoms with Gasteiger partial charge in [-0.3, -0.25) is 4.79 Å².